The van der Waals surface area contributed by atoms with Gasteiger partial charge in [-0.3, -0.25) is 0 Å². The van der Waals surface area contributed by atoms with E-state index >= 15 is 0 Å². The molecule has 242 valence electrons. The number of halogens is 1. The van der Waals surface area contributed by atoms with Crippen LogP contribution in [0.15, 0.2) is 66.7 Å². The summed E-state index contributed by atoms with van der Waals surface area (Å²) in [4.78, 5) is 31.6. The molecule has 11 heteroatoms. The SMILES string of the molecule is CN1CCC[C@H]1COc1nc2c(c(N3CCN(C(=O)OCc4ccccc4)[C@@H](CC#N)C3)n1)CN(c1cccc3cccc(Cl)c13)C2. The van der Waals surface area contributed by atoms with E-state index in [9.17, 15) is 10.1 Å². The van der Waals surface area contributed by atoms with Crippen LogP contribution in [0.2, 0.25) is 5.02 Å². The zero-order chi connectivity index (χ0) is 32.3. The number of carbonyl (C=O) groups excluding carboxylic acids is 1. The normalized spacial score (nSPS) is 19.6. The number of nitriles is 1. The third-order valence-electron chi connectivity index (χ3n) is 9.54. The minimum absolute atomic E-state index is 0.183. The third kappa shape index (κ3) is 6.51. The highest BCUT2D eigenvalue weighted by Crippen LogP contribution is 2.39. The summed E-state index contributed by atoms with van der Waals surface area (Å²) in [6, 6.07) is 24.4. The van der Waals surface area contributed by atoms with E-state index in [2.05, 4.69) is 52.1 Å². The molecule has 7 rings (SSSR count). The first kappa shape index (κ1) is 31.0. The zero-order valence-electron chi connectivity index (χ0n) is 26.5. The number of anilines is 2. The van der Waals surface area contributed by atoms with Crippen molar-refractivity contribution in [3.63, 3.8) is 0 Å². The van der Waals surface area contributed by atoms with Gasteiger partial charge in [-0.1, -0.05) is 66.2 Å². The number of hydrogen-bond donors (Lipinski definition) is 0. The van der Waals surface area contributed by atoms with Gasteiger partial charge in [0.05, 0.1) is 35.8 Å². The van der Waals surface area contributed by atoms with Crippen LogP contribution in [0.1, 0.15) is 36.1 Å². The Morgan fingerprint density at radius 2 is 1.81 bits per heavy atom. The Bertz CT molecular complexity index is 1790. The molecule has 10 nitrogen and oxygen atoms in total. The fourth-order valence-corrected chi connectivity index (χ4v) is 7.26. The summed E-state index contributed by atoms with van der Waals surface area (Å²) in [6.07, 6.45) is 2.01. The van der Waals surface area contributed by atoms with Gasteiger partial charge < -0.3 is 29.1 Å². The summed E-state index contributed by atoms with van der Waals surface area (Å²) in [5.74, 6) is 0.791. The van der Waals surface area contributed by atoms with Crippen LogP contribution in [0.3, 0.4) is 0 Å². The molecule has 4 aromatic rings. The van der Waals surface area contributed by atoms with Crippen molar-refractivity contribution in [2.75, 3.05) is 49.6 Å². The summed E-state index contributed by atoms with van der Waals surface area (Å²) < 4.78 is 12.0. The second kappa shape index (κ2) is 13.6. The number of benzene rings is 3. The highest BCUT2D eigenvalue weighted by atomic mass is 35.5. The van der Waals surface area contributed by atoms with E-state index in [1.54, 1.807) is 4.90 Å². The van der Waals surface area contributed by atoms with E-state index in [0.29, 0.717) is 56.4 Å². The third-order valence-corrected chi connectivity index (χ3v) is 9.85. The first-order valence-corrected chi connectivity index (χ1v) is 16.6. The van der Waals surface area contributed by atoms with E-state index in [0.717, 1.165) is 58.5 Å². The number of fused-ring (bicyclic) bond motifs is 2. The molecule has 3 aromatic carbocycles. The van der Waals surface area contributed by atoms with Gasteiger partial charge in [-0.2, -0.15) is 15.2 Å². The Morgan fingerprint density at radius 3 is 2.60 bits per heavy atom. The van der Waals surface area contributed by atoms with E-state index in [1.165, 1.54) is 0 Å². The Morgan fingerprint density at radius 1 is 0.979 bits per heavy atom. The second-order valence-corrected chi connectivity index (χ2v) is 12.9. The van der Waals surface area contributed by atoms with Gasteiger partial charge in [0.15, 0.2) is 0 Å². The number of nitrogens with zero attached hydrogens (tertiary/aromatic N) is 7. The van der Waals surface area contributed by atoms with E-state index in [-0.39, 0.29) is 19.1 Å². The van der Waals surface area contributed by atoms with Crippen LogP contribution in [0.5, 0.6) is 6.01 Å². The molecular weight excluding hydrogens is 614 g/mol. The molecule has 0 aliphatic carbocycles. The van der Waals surface area contributed by atoms with E-state index < -0.39 is 6.09 Å². The molecule has 1 amide bonds. The summed E-state index contributed by atoms with van der Waals surface area (Å²) in [5, 5.41) is 12.5. The first-order chi connectivity index (χ1) is 23.0. The van der Waals surface area contributed by atoms with Crippen LogP contribution < -0.4 is 14.5 Å². The Labute approximate surface area is 280 Å². The van der Waals surface area contributed by atoms with Gasteiger partial charge in [-0.05, 0) is 49.5 Å². The Hall–Kier alpha value is -4.59. The number of rotatable bonds is 8. The number of likely N-dealkylation sites (tertiary alicyclic amines) is 1. The largest absolute Gasteiger partial charge is 0.462 e. The highest BCUT2D eigenvalue weighted by molar-refractivity contribution is 6.36. The van der Waals surface area contributed by atoms with Crippen LogP contribution in [0, 0.1) is 11.3 Å². The molecule has 47 heavy (non-hydrogen) atoms. The molecule has 3 aliphatic rings. The number of hydrogen-bond acceptors (Lipinski definition) is 9. The van der Waals surface area contributed by atoms with Gasteiger partial charge in [0.1, 0.15) is 19.0 Å². The lowest BCUT2D eigenvalue weighted by Gasteiger charge is -2.41. The van der Waals surface area contributed by atoms with Crippen molar-refractivity contribution in [1.29, 1.82) is 5.26 Å². The van der Waals surface area contributed by atoms with Gasteiger partial charge in [-0.15, -0.1) is 0 Å². The van der Waals surface area contributed by atoms with Gasteiger partial charge >= 0.3 is 12.1 Å². The quantitative estimate of drug-likeness (QED) is 0.227. The monoisotopic (exact) mass is 651 g/mol. The average molecular weight is 652 g/mol. The number of piperazine rings is 1. The standard InChI is InChI=1S/C36H38ClN7O3/c1-41-17-7-12-28(41)24-46-35-39-31-22-43(32-14-6-11-26-10-5-13-30(37)33(26)32)21-29(31)34(40-35)42-18-19-44(27(20-42)15-16-38)36(45)47-23-25-8-3-2-4-9-25/h2-6,8-11,13-14,27-28H,7,12,15,17-24H2,1H3/t27-,28-/m0/s1. The summed E-state index contributed by atoms with van der Waals surface area (Å²) in [5.41, 5.74) is 3.90. The first-order valence-electron chi connectivity index (χ1n) is 16.2. The number of amides is 1. The van der Waals surface area contributed by atoms with Gasteiger partial charge in [0.2, 0.25) is 0 Å². The number of ether oxygens (including phenoxy) is 2. The van der Waals surface area contributed by atoms with Crippen LogP contribution in [0.4, 0.5) is 16.3 Å². The van der Waals surface area contributed by atoms with Crippen LogP contribution in [-0.2, 0) is 24.4 Å². The Balaban J connectivity index is 1.16. The maximum atomic E-state index is 13.2. The van der Waals surface area contributed by atoms with Crippen molar-refractivity contribution in [2.45, 2.75) is 51.0 Å². The van der Waals surface area contributed by atoms with Crippen LogP contribution in [-0.4, -0.2) is 77.8 Å². The minimum atomic E-state index is -0.412. The molecular formula is C36H38ClN7O3. The van der Waals surface area contributed by atoms with E-state index in [4.69, 9.17) is 31.0 Å². The summed E-state index contributed by atoms with van der Waals surface area (Å²) >= 11 is 6.73. The molecule has 0 radical (unpaired) electrons. The second-order valence-electron chi connectivity index (χ2n) is 12.5. The molecule has 4 heterocycles. The Kier molecular flexibility index (Phi) is 9.01. The molecule has 0 saturated carbocycles. The predicted octanol–water partition coefficient (Wildman–Crippen LogP) is 6.02. The van der Waals surface area contributed by atoms with Crippen molar-refractivity contribution in [1.82, 2.24) is 19.8 Å². The van der Waals surface area contributed by atoms with Crippen molar-refractivity contribution < 1.29 is 14.3 Å². The van der Waals surface area contributed by atoms with Crippen LogP contribution in [0.25, 0.3) is 10.8 Å². The summed E-state index contributed by atoms with van der Waals surface area (Å²) in [6.45, 7) is 4.35. The van der Waals surface area contributed by atoms with Crippen molar-refractivity contribution in [3.8, 4) is 12.1 Å². The molecule has 2 saturated heterocycles. The molecule has 0 N–H and O–H groups in total. The number of aromatic nitrogens is 2. The van der Waals surface area contributed by atoms with Gasteiger partial charge in [0, 0.05) is 48.9 Å². The molecule has 2 atom stereocenters. The van der Waals surface area contributed by atoms with Crippen molar-refractivity contribution in [2.24, 2.45) is 0 Å². The highest BCUT2D eigenvalue weighted by Gasteiger charge is 2.36. The molecule has 1 aromatic heterocycles. The molecule has 2 fully saturated rings. The zero-order valence-corrected chi connectivity index (χ0v) is 27.3. The van der Waals surface area contributed by atoms with Gasteiger partial charge in [-0.25, -0.2) is 4.79 Å². The molecule has 0 unspecified atom stereocenters. The average Bonchev–Trinajstić information content (AvgIpc) is 3.72. The van der Waals surface area contributed by atoms with Gasteiger partial charge in [0.25, 0.3) is 0 Å². The maximum absolute atomic E-state index is 13.2. The van der Waals surface area contributed by atoms with Crippen molar-refractivity contribution in [3.05, 3.63) is 88.6 Å². The lowest BCUT2D eigenvalue weighted by atomic mass is 10.1. The lowest BCUT2D eigenvalue weighted by molar-refractivity contribution is 0.0767. The topological polar surface area (TPSA) is 98.1 Å². The minimum Gasteiger partial charge on any atom is -0.462 e. The molecule has 0 spiro atoms. The fourth-order valence-electron chi connectivity index (χ4n) is 6.98. The maximum Gasteiger partial charge on any atom is 0.410 e. The molecule has 3 aliphatic heterocycles. The van der Waals surface area contributed by atoms with E-state index in [1.807, 2.05) is 42.5 Å². The number of carbonyl (C=O) groups is 1. The predicted molar refractivity (Wildman–Crippen MR) is 182 cm³/mol. The fraction of sp³-hybridized carbons (Fsp3) is 0.389. The van der Waals surface area contributed by atoms with Crippen LogP contribution >= 0.6 is 11.6 Å². The van der Waals surface area contributed by atoms with Crippen molar-refractivity contribution >= 4 is 40.0 Å². The smallest absolute Gasteiger partial charge is 0.410 e. The lowest BCUT2D eigenvalue weighted by Crippen LogP contribution is -2.55. The molecule has 0 bridgehead atoms. The number of likely N-dealkylation sites (N-methyl/N-ethyl adjacent to an activating group) is 1. The summed E-state index contributed by atoms with van der Waals surface area (Å²) in [7, 11) is 2.13.